The average molecular weight is 380 g/mol. The van der Waals surface area contributed by atoms with Crippen molar-refractivity contribution in [2.24, 2.45) is 5.92 Å². The summed E-state index contributed by atoms with van der Waals surface area (Å²) in [7, 11) is 0. The quantitative estimate of drug-likeness (QED) is 0.740. The molecule has 2 amide bonds. The second kappa shape index (κ2) is 9.02. The molecule has 0 spiro atoms. The predicted octanol–water partition coefficient (Wildman–Crippen LogP) is 2.78. The first-order valence-corrected chi connectivity index (χ1v) is 9.89. The number of hydrogen-bond acceptors (Lipinski definition) is 3. The Morgan fingerprint density at radius 2 is 1.82 bits per heavy atom. The van der Waals surface area contributed by atoms with Crippen LogP contribution >= 0.6 is 0 Å². The summed E-state index contributed by atoms with van der Waals surface area (Å²) < 4.78 is 0. The van der Waals surface area contributed by atoms with Gasteiger partial charge in [0, 0.05) is 12.1 Å². The summed E-state index contributed by atoms with van der Waals surface area (Å²) in [6.45, 7) is 4.31. The third kappa shape index (κ3) is 4.25. The molecular weight excluding hydrogens is 352 g/mol. The summed E-state index contributed by atoms with van der Waals surface area (Å²) in [5.74, 6) is -0.292. The standard InChI is InChI=1S/C23H28N2O3/c1-3-16(2)21(25-14-18-11-7-8-12-20(18)23(25)28)22(27)24-19(15-26)13-17-9-5-4-6-10-17/h4-12,16,19,21,26H,3,13-15H2,1-2H3,(H,24,27)/t16-,19+,21+/m0/s1. The molecule has 0 aromatic heterocycles. The highest BCUT2D eigenvalue weighted by atomic mass is 16.3. The summed E-state index contributed by atoms with van der Waals surface area (Å²) >= 11 is 0. The van der Waals surface area contributed by atoms with E-state index >= 15 is 0 Å². The molecule has 2 N–H and O–H groups in total. The lowest BCUT2D eigenvalue weighted by Crippen LogP contribution is -2.53. The predicted molar refractivity (Wildman–Crippen MR) is 109 cm³/mol. The Morgan fingerprint density at radius 1 is 1.14 bits per heavy atom. The van der Waals surface area contributed by atoms with E-state index in [0.717, 1.165) is 17.5 Å². The number of amides is 2. The van der Waals surface area contributed by atoms with E-state index in [1.165, 1.54) is 0 Å². The molecule has 5 heteroatoms. The molecule has 2 aromatic rings. The van der Waals surface area contributed by atoms with Gasteiger partial charge in [0.25, 0.3) is 5.91 Å². The first-order chi connectivity index (χ1) is 13.5. The van der Waals surface area contributed by atoms with E-state index in [-0.39, 0.29) is 30.4 Å². The van der Waals surface area contributed by atoms with Gasteiger partial charge >= 0.3 is 0 Å². The summed E-state index contributed by atoms with van der Waals surface area (Å²) in [5.41, 5.74) is 2.68. The molecule has 1 aliphatic heterocycles. The van der Waals surface area contributed by atoms with Crippen molar-refractivity contribution in [3.8, 4) is 0 Å². The fourth-order valence-electron chi connectivity index (χ4n) is 3.78. The Hall–Kier alpha value is -2.66. The van der Waals surface area contributed by atoms with E-state index in [0.29, 0.717) is 18.5 Å². The van der Waals surface area contributed by atoms with Gasteiger partial charge in [0.1, 0.15) is 6.04 Å². The summed E-state index contributed by atoms with van der Waals surface area (Å²) in [4.78, 5) is 27.7. The number of nitrogens with zero attached hydrogens (tertiary/aromatic N) is 1. The smallest absolute Gasteiger partial charge is 0.255 e. The number of nitrogens with one attached hydrogen (secondary N) is 1. The highest BCUT2D eigenvalue weighted by Gasteiger charge is 2.39. The van der Waals surface area contributed by atoms with Crippen LogP contribution in [0.4, 0.5) is 0 Å². The summed E-state index contributed by atoms with van der Waals surface area (Å²) in [5, 5.41) is 12.7. The van der Waals surface area contributed by atoms with Gasteiger partial charge in [-0.1, -0.05) is 68.8 Å². The Balaban J connectivity index is 1.76. The van der Waals surface area contributed by atoms with Crippen LogP contribution in [0.1, 0.15) is 41.8 Å². The molecular formula is C23H28N2O3. The Morgan fingerprint density at radius 3 is 2.46 bits per heavy atom. The topological polar surface area (TPSA) is 69.6 Å². The monoisotopic (exact) mass is 380 g/mol. The van der Waals surface area contributed by atoms with Crippen LogP contribution in [0, 0.1) is 5.92 Å². The van der Waals surface area contributed by atoms with Crippen molar-refractivity contribution in [3.63, 3.8) is 0 Å². The molecule has 0 unspecified atom stereocenters. The van der Waals surface area contributed by atoms with Gasteiger partial charge in [-0.05, 0) is 29.5 Å². The molecule has 2 aromatic carbocycles. The van der Waals surface area contributed by atoms with E-state index in [9.17, 15) is 14.7 Å². The van der Waals surface area contributed by atoms with Crippen LogP contribution in [0.3, 0.4) is 0 Å². The van der Waals surface area contributed by atoms with Gasteiger partial charge in [0.2, 0.25) is 5.91 Å². The van der Waals surface area contributed by atoms with Gasteiger partial charge in [0.05, 0.1) is 12.6 Å². The first kappa shape index (κ1) is 20.1. The molecule has 1 aliphatic rings. The number of hydrogen-bond donors (Lipinski definition) is 2. The lowest BCUT2D eigenvalue weighted by atomic mass is 9.96. The third-order valence-electron chi connectivity index (χ3n) is 5.53. The molecule has 0 saturated carbocycles. The number of fused-ring (bicyclic) bond motifs is 1. The zero-order chi connectivity index (χ0) is 20.1. The van der Waals surface area contributed by atoms with Gasteiger partial charge < -0.3 is 15.3 Å². The maximum absolute atomic E-state index is 13.2. The molecule has 3 rings (SSSR count). The normalized spacial score (nSPS) is 16.4. The average Bonchev–Trinajstić information content (AvgIpc) is 3.04. The number of rotatable bonds is 8. The molecule has 0 bridgehead atoms. The highest BCUT2D eigenvalue weighted by Crippen LogP contribution is 2.28. The Labute approximate surface area is 166 Å². The summed E-state index contributed by atoms with van der Waals surface area (Å²) in [6.07, 6.45) is 1.32. The van der Waals surface area contributed by atoms with Crippen LogP contribution < -0.4 is 5.32 Å². The molecule has 1 heterocycles. The second-order valence-electron chi connectivity index (χ2n) is 7.50. The van der Waals surface area contributed by atoms with Gasteiger partial charge in [-0.15, -0.1) is 0 Å². The Kier molecular flexibility index (Phi) is 6.47. The van der Waals surface area contributed by atoms with Gasteiger partial charge in [-0.3, -0.25) is 9.59 Å². The van der Waals surface area contributed by atoms with E-state index in [1.54, 1.807) is 4.90 Å². The lowest BCUT2D eigenvalue weighted by molar-refractivity contribution is -0.128. The fraction of sp³-hybridized carbons (Fsp3) is 0.391. The van der Waals surface area contributed by atoms with Gasteiger partial charge in [0.15, 0.2) is 0 Å². The van der Waals surface area contributed by atoms with Crippen molar-refractivity contribution in [2.75, 3.05) is 6.61 Å². The zero-order valence-corrected chi connectivity index (χ0v) is 16.5. The van der Waals surface area contributed by atoms with Gasteiger partial charge in [-0.25, -0.2) is 0 Å². The van der Waals surface area contributed by atoms with Crippen molar-refractivity contribution >= 4 is 11.8 Å². The van der Waals surface area contributed by atoms with Crippen molar-refractivity contribution in [3.05, 3.63) is 71.3 Å². The lowest BCUT2D eigenvalue weighted by Gasteiger charge is -2.32. The third-order valence-corrected chi connectivity index (χ3v) is 5.53. The van der Waals surface area contributed by atoms with Crippen molar-refractivity contribution in [2.45, 2.75) is 45.3 Å². The van der Waals surface area contributed by atoms with Crippen molar-refractivity contribution in [1.29, 1.82) is 0 Å². The minimum Gasteiger partial charge on any atom is -0.394 e. The molecule has 0 aliphatic carbocycles. The van der Waals surface area contributed by atoms with Crippen LogP contribution in [-0.4, -0.2) is 40.5 Å². The second-order valence-corrected chi connectivity index (χ2v) is 7.50. The largest absolute Gasteiger partial charge is 0.394 e. The van der Waals surface area contributed by atoms with Crippen LogP contribution in [0.25, 0.3) is 0 Å². The molecule has 0 saturated heterocycles. The molecule has 28 heavy (non-hydrogen) atoms. The maximum atomic E-state index is 13.2. The zero-order valence-electron chi connectivity index (χ0n) is 16.5. The summed E-state index contributed by atoms with van der Waals surface area (Å²) in [6, 6.07) is 16.3. The highest BCUT2D eigenvalue weighted by molar-refractivity contribution is 6.01. The van der Waals surface area contributed by atoms with Crippen LogP contribution in [0.15, 0.2) is 54.6 Å². The Bertz CT molecular complexity index is 822. The molecule has 5 nitrogen and oxygen atoms in total. The maximum Gasteiger partial charge on any atom is 0.255 e. The van der Waals surface area contributed by atoms with E-state index in [2.05, 4.69) is 5.32 Å². The van der Waals surface area contributed by atoms with E-state index < -0.39 is 6.04 Å². The van der Waals surface area contributed by atoms with Crippen LogP contribution in [0.5, 0.6) is 0 Å². The fourth-order valence-corrected chi connectivity index (χ4v) is 3.78. The van der Waals surface area contributed by atoms with Gasteiger partial charge in [-0.2, -0.15) is 0 Å². The molecule has 148 valence electrons. The van der Waals surface area contributed by atoms with Crippen LogP contribution in [0.2, 0.25) is 0 Å². The minimum atomic E-state index is -0.560. The number of carbonyl (C=O) groups excluding carboxylic acids is 2. The number of carbonyl (C=O) groups is 2. The number of aliphatic hydroxyl groups excluding tert-OH is 1. The first-order valence-electron chi connectivity index (χ1n) is 9.89. The SMILES string of the molecule is CC[C@H](C)[C@H](C(=O)N[C@@H](CO)Cc1ccccc1)N1Cc2ccccc2C1=O. The molecule has 0 fully saturated rings. The van der Waals surface area contributed by atoms with E-state index in [1.807, 2.05) is 68.4 Å². The molecule has 0 radical (unpaired) electrons. The van der Waals surface area contributed by atoms with Crippen molar-refractivity contribution < 1.29 is 14.7 Å². The molecule has 3 atom stereocenters. The number of aliphatic hydroxyl groups is 1. The van der Waals surface area contributed by atoms with Crippen molar-refractivity contribution in [1.82, 2.24) is 10.2 Å². The number of benzene rings is 2. The van der Waals surface area contributed by atoms with Crippen LogP contribution in [-0.2, 0) is 17.8 Å². The van der Waals surface area contributed by atoms with E-state index in [4.69, 9.17) is 0 Å². The minimum absolute atomic E-state index is 0.00864.